The quantitative estimate of drug-likeness (QED) is 0.874. The van der Waals surface area contributed by atoms with Crippen LogP contribution in [0.1, 0.15) is 12.6 Å². The fraction of sp³-hybridized carbons (Fsp3) is 0.692. The molecule has 22 heavy (non-hydrogen) atoms. The van der Waals surface area contributed by atoms with Gasteiger partial charge in [-0.15, -0.1) is 0 Å². The molecule has 1 amide bonds. The van der Waals surface area contributed by atoms with Crippen molar-refractivity contribution >= 4 is 5.91 Å². The number of carbonyl (C=O) groups excluding carboxylic acids is 1. The maximum atomic E-state index is 12.4. The number of hydrogen-bond donors (Lipinski definition) is 1. The monoisotopic (exact) mass is 320 g/mol. The molecule has 2 rings (SSSR count). The Hall–Kier alpha value is -1.61. The summed E-state index contributed by atoms with van der Waals surface area (Å²) < 4.78 is 38.3. The van der Waals surface area contributed by atoms with Crippen LogP contribution in [0.15, 0.2) is 12.3 Å². The molecule has 1 aliphatic rings. The summed E-state index contributed by atoms with van der Waals surface area (Å²) in [4.78, 5) is 15.7. The zero-order valence-electron chi connectivity index (χ0n) is 12.3. The highest BCUT2D eigenvalue weighted by Gasteiger charge is 2.33. The molecule has 0 radical (unpaired) electrons. The summed E-state index contributed by atoms with van der Waals surface area (Å²) >= 11 is 0. The SMILES string of the molecule is C[C@H](O)CN1CCN(C(=O)Cn2ccc(C(F)(F)F)n2)CC1. The van der Waals surface area contributed by atoms with E-state index in [4.69, 9.17) is 0 Å². The van der Waals surface area contributed by atoms with Gasteiger partial charge in [0.1, 0.15) is 6.54 Å². The summed E-state index contributed by atoms with van der Waals surface area (Å²) in [6, 6.07) is 0.855. The molecule has 124 valence electrons. The summed E-state index contributed by atoms with van der Waals surface area (Å²) in [5, 5.41) is 12.7. The Morgan fingerprint density at radius 2 is 2.00 bits per heavy atom. The van der Waals surface area contributed by atoms with E-state index in [1.165, 1.54) is 0 Å². The second-order valence-corrected chi connectivity index (χ2v) is 5.43. The van der Waals surface area contributed by atoms with Gasteiger partial charge in [0.15, 0.2) is 5.69 Å². The molecular weight excluding hydrogens is 301 g/mol. The van der Waals surface area contributed by atoms with Gasteiger partial charge in [-0.05, 0) is 13.0 Å². The smallest absolute Gasteiger partial charge is 0.392 e. The molecular formula is C13H19F3N4O2. The van der Waals surface area contributed by atoms with Gasteiger partial charge in [-0.3, -0.25) is 14.4 Å². The molecule has 1 aromatic heterocycles. The van der Waals surface area contributed by atoms with Gasteiger partial charge in [-0.1, -0.05) is 0 Å². The van der Waals surface area contributed by atoms with E-state index in [1.807, 2.05) is 4.90 Å². The molecule has 0 unspecified atom stereocenters. The third-order valence-electron chi connectivity index (χ3n) is 3.48. The van der Waals surface area contributed by atoms with Crippen LogP contribution in [0, 0.1) is 0 Å². The minimum absolute atomic E-state index is 0.202. The lowest BCUT2D eigenvalue weighted by Crippen LogP contribution is -2.50. The van der Waals surface area contributed by atoms with Crippen LogP contribution >= 0.6 is 0 Å². The number of aliphatic hydroxyl groups is 1. The molecule has 0 aliphatic carbocycles. The standard InChI is InChI=1S/C13H19F3N4O2/c1-10(21)8-18-4-6-19(7-5-18)12(22)9-20-3-2-11(17-20)13(14,15)16/h2-3,10,21H,4-9H2,1H3/t10-/m0/s1. The van der Waals surface area contributed by atoms with Gasteiger partial charge in [0, 0.05) is 38.9 Å². The van der Waals surface area contributed by atoms with Gasteiger partial charge in [-0.25, -0.2) is 0 Å². The average molecular weight is 320 g/mol. The minimum Gasteiger partial charge on any atom is -0.392 e. The molecule has 1 N–H and O–H groups in total. The number of halogens is 3. The Morgan fingerprint density at radius 1 is 1.36 bits per heavy atom. The number of carbonyl (C=O) groups is 1. The van der Waals surface area contributed by atoms with Crippen molar-refractivity contribution in [3.8, 4) is 0 Å². The Kier molecular flexibility index (Phi) is 5.07. The lowest BCUT2D eigenvalue weighted by atomic mass is 10.2. The van der Waals surface area contributed by atoms with Gasteiger partial charge in [0.05, 0.1) is 6.10 Å². The first-order valence-electron chi connectivity index (χ1n) is 7.04. The lowest BCUT2D eigenvalue weighted by molar-refractivity contribution is -0.142. The fourth-order valence-corrected chi connectivity index (χ4v) is 2.39. The molecule has 0 spiro atoms. The molecule has 1 aliphatic heterocycles. The van der Waals surface area contributed by atoms with Crippen LogP contribution in [-0.2, 0) is 17.5 Å². The van der Waals surface area contributed by atoms with Crippen LogP contribution in [0.5, 0.6) is 0 Å². The van der Waals surface area contributed by atoms with Crippen LogP contribution in [0.3, 0.4) is 0 Å². The number of hydrogen-bond acceptors (Lipinski definition) is 4. The van der Waals surface area contributed by atoms with Crippen molar-refractivity contribution < 1.29 is 23.1 Å². The summed E-state index contributed by atoms with van der Waals surface area (Å²) in [7, 11) is 0. The van der Waals surface area contributed by atoms with Gasteiger partial charge < -0.3 is 10.0 Å². The largest absolute Gasteiger partial charge is 0.435 e. The van der Waals surface area contributed by atoms with Crippen molar-refractivity contribution in [2.45, 2.75) is 25.7 Å². The van der Waals surface area contributed by atoms with E-state index < -0.39 is 18.0 Å². The second-order valence-electron chi connectivity index (χ2n) is 5.43. The lowest BCUT2D eigenvalue weighted by Gasteiger charge is -2.35. The van der Waals surface area contributed by atoms with Crippen LogP contribution in [0.2, 0.25) is 0 Å². The van der Waals surface area contributed by atoms with Gasteiger partial charge in [0.25, 0.3) is 0 Å². The molecule has 6 nitrogen and oxygen atoms in total. The molecule has 0 aromatic carbocycles. The minimum atomic E-state index is -4.50. The van der Waals surface area contributed by atoms with Crippen LogP contribution in [0.25, 0.3) is 0 Å². The number of aliphatic hydroxyl groups excluding tert-OH is 1. The van der Waals surface area contributed by atoms with E-state index in [1.54, 1.807) is 11.8 Å². The van der Waals surface area contributed by atoms with E-state index in [-0.39, 0.29) is 12.5 Å². The number of alkyl halides is 3. The molecule has 2 heterocycles. The van der Waals surface area contributed by atoms with Gasteiger partial charge >= 0.3 is 6.18 Å². The van der Waals surface area contributed by atoms with E-state index >= 15 is 0 Å². The molecule has 1 atom stereocenters. The van der Waals surface area contributed by atoms with E-state index in [0.717, 1.165) is 16.9 Å². The zero-order valence-corrected chi connectivity index (χ0v) is 12.3. The van der Waals surface area contributed by atoms with Crippen molar-refractivity contribution in [3.63, 3.8) is 0 Å². The first-order chi connectivity index (χ1) is 10.3. The molecule has 0 saturated carbocycles. The maximum absolute atomic E-state index is 12.4. The summed E-state index contributed by atoms with van der Waals surface area (Å²) in [6.07, 6.45) is -3.77. The average Bonchev–Trinajstić information content (AvgIpc) is 2.87. The van der Waals surface area contributed by atoms with Crippen molar-refractivity contribution in [2.75, 3.05) is 32.7 Å². The topological polar surface area (TPSA) is 61.6 Å². The number of nitrogens with zero attached hydrogens (tertiary/aromatic N) is 4. The molecule has 9 heteroatoms. The Labute approximate surface area is 126 Å². The zero-order chi connectivity index (χ0) is 16.3. The highest BCUT2D eigenvalue weighted by molar-refractivity contribution is 5.76. The van der Waals surface area contributed by atoms with Gasteiger partial charge in [0.2, 0.25) is 5.91 Å². The Balaban J connectivity index is 1.85. The summed E-state index contributed by atoms with van der Waals surface area (Å²) in [5.41, 5.74) is -0.998. The van der Waals surface area contributed by atoms with Crippen molar-refractivity contribution in [1.82, 2.24) is 19.6 Å². The second kappa shape index (κ2) is 6.66. The van der Waals surface area contributed by atoms with Crippen LogP contribution in [0.4, 0.5) is 13.2 Å². The number of amides is 1. The van der Waals surface area contributed by atoms with E-state index in [0.29, 0.717) is 32.7 Å². The fourth-order valence-electron chi connectivity index (χ4n) is 2.39. The predicted octanol–water partition coefficient (Wildman–Crippen LogP) is 0.427. The molecule has 1 fully saturated rings. The number of aromatic nitrogens is 2. The van der Waals surface area contributed by atoms with Crippen molar-refractivity contribution in [1.29, 1.82) is 0 Å². The number of piperazine rings is 1. The molecule has 1 aromatic rings. The van der Waals surface area contributed by atoms with Crippen molar-refractivity contribution in [3.05, 3.63) is 18.0 Å². The first-order valence-corrected chi connectivity index (χ1v) is 7.04. The van der Waals surface area contributed by atoms with Crippen LogP contribution < -0.4 is 0 Å². The Bertz CT molecular complexity index is 508. The Morgan fingerprint density at radius 3 is 2.50 bits per heavy atom. The van der Waals surface area contributed by atoms with E-state index in [2.05, 4.69) is 5.10 Å². The molecule has 1 saturated heterocycles. The van der Waals surface area contributed by atoms with Crippen molar-refractivity contribution in [2.24, 2.45) is 0 Å². The molecule has 0 bridgehead atoms. The summed E-state index contributed by atoms with van der Waals surface area (Å²) in [5.74, 6) is -0.256. The highest BCUT2D eigenvalue weighted by atomic mass is 19.4. The predicted molar refractivity (Wildman–Crippen MR) is 71.9 cm³/mol. The van der Waals surface area contributed by atoms with Crippen LogP contribution in [-0.4, -0.2) is 69.4 Å². The highest BCUT2D eigenvalue weighted by Crippen LogP contribution is 2.27. The summed E-state index contributed by atoms with van der Waals surface area (Å²) in [6.45, 7) is 4.33. The number of rotatable bonds is 4. The van der Waals surface area contributed by atoms with Gasteiger partial charge in [-0.2, -0.15) is 18.3 Å². The van der Waals surface area contributed by atoms with E-state index in [9.17, 15) is 23.1 Å². The number of β-amino-alcohol motifs (C(OH)–C–C–N with tert-alkyl or cyclic N) is 1. The first kappa shape index (κ1) is 16.8. The maximum Gasteiger partial charge on any atom is 0.435 e. The third kappa shape index (κ3) is 4.44. The third-order valence-corrected chi connectivity index (χ3v) is 3.48. The normalized spacial score (nSPS) is 18.5.